The molecule has 1 rings (SSSR count). The summed E-state index contributed by atoms with van der Waals surface area (Å²) in [6, 6.07) is 0. The molecule has 0 saturated heterocycles. The van der Waals surface area contributed by atoms with E-state index in [0.717, 1.165) is 38.5 Å². The summed E-state index contributed by atoms with van der Waals surface area (Å²) in [5, 5.41) is 0. The highest BCUT2D eigenvalue weighted by atomic mass is 32.2. The van der Waals surface area contributed by atoms with Gasteiger partial charge in [-0.3, -0.25) is 0 Å². The van der Waals surface area contributed by atoms with Crippen LogP contribution in [0.25, 0.3) is 0 Å². The Morgan fingerprint density at radius 1 is 1.31 bits per heavy atom. The van der Waals surface area contributed by atoms with Crippen LogP contribution in [0.1, 0.15) is 45.4 Å². The number of nitrogens with two attached hydrogens (primary N) is 1. The van der Waals surface area contributed by atoms with Gasteiger partial charge in [0.15, 0.2) is 0 Å². The molecule has 0 aliphatic heterocycles. The van der Waals surface area contributed by atoms with Crippen LogP contribution in [0, 0.1) is 0 Å². The van der Waals surface area contributed by atoms with Crippen LogP contribution >= 0.6 is 0 Å². The number of unbranched alkanes of at least 4 members (excludes halogenated alkanes) is 1. The first-order chi connectivity index (χ1) is 7.48. The SMILES string of the molecule is CCCCS(=O)(=O)N(C)C1(CN)CCCC1. The fraction of sp³-hybridized carbons (Fsp3) is 1.00. The van der Waals surface area contributed by atoms with Crippen LogP contribution in [0.3, 0.4) is 0 Å². The van der Waals surface area contributed by atoms with Crippen LogP contribution in [0.15, 0.2) is 0 Å². The van der Waals surface area contributed by atoms with Crippen LogP contribution in [0.2, 0.25) is 0 Å². The standard InChI is InChI=1S/C11H24N2O2S/c1-3-4-9-16(14,15)13(2)11(10-12)7-5-6-8-11/h3-10,12H2,1-2H3. The predicted octanol–water partition coefficient (Wildman–Crippen LogP) is 1.32. The van der Waals surface area contributed by atoms with Crippen molar-refractivity contribution in [3.8, 4) is 0 Å². The monoisotopic (exact) mass is 248 g/mol. The van der Waals surface area contributed by atoms with Crippen molar-refractivity contribution in [3.63, 3.8) is 0 Å². The lowest BCUT2D eigenvalue weighted by molar-refractivity contribution is 0.230. The molecule has 0 amide bonds. The van der Waals surface area contributed by atoms with Gasteiger partial charge in [0.2, 0.25) is 10.0 Å². The zero-order chi connectivity index (χ0) is 12.2. The van der Waals surface area contributed by atoms with E-state index in [-0.39, 0.29) is 11.3 Å². The molecule has 0 bridgehead atoms. The Morgan fingerprint density at radius 2 is 1.88 bits per heavy atom. The molecule has 1 saturated carbocycles. The van der Waals surface area contributed by atoms with E-state index >= 15 is 0 Å². The zero-order valence-electron chi connectivity index (χ0n) is 10.4. The van der Waals surface area contributed by atoms with E-state index in [9.17, 15) is 8.42 Å². The molecule has 0 aromatic rings. The number of hydrogen-bond acceptors (Lipinski definition) is 3. The zero-order valence-corrected chi connectivity index (χ0v) is 11.2. The van der Waals surface area contributed by atoms with Crippen molar-refractivity contribution < 1.29 is 8.42 Å². The smallest absolute Gasteiger partial charge is 0.214 e. The highest BCUT2D eigenvalue weighted by molar-refractivity contribution is 7.89. The van der Waals surface area contributed by atoms with E-state index in [2.05, 4.69) is 0 Å². The van der Waals surface area contributed by atoms with Gasteiger partial charge in [-0.05, 0) is 19.3 Å². The molecule has 0 radical (unpaired) electrons. The maximum Gasteiger partial charge on any atom is 0.214 e. The summed E-state index contributed by atoms with van der Waals surface area (Å²) >= 11 is 0. The summed E-state index contributed by atoms with van der Waals surface area (Å²) in [6.07, 6.45) is 5.63. The average molecular weight is 248 g/mol. The molecule has 0 heterocycles. The van der Waals surface area contributed by atoms with Gasteiger partial charge < -0.3 is 5.73 Å². The Kier molecular flexibility index (Phi) is 4.76. The molecule has 0 unspecified atom stereocenters. The minimum absolute atomic E-state index is 0.252. The van der Waals surface area contributed by atoms with Gasteiger partial charge in [0.1, 0.15) is 0 Å². The average Bonchev–Trinajstić information content (AvgIpc) is 2.75. The van der Waals surface area contributed by atoms with Gasteiger partial charge in [0.25, 0.3) is 0 Å². The summed E-state index contributed by atoms with van der Waals surface area (Å²) in [5.41, 5.74) is 5.49. The third-order valence-corrected chi connectivity index (χ3v) is 5.78. The van der Waals surface area contributed by atoms with Gasteiger partial charge in [0.05, 0.1) is 5.75 Å². The van der Waals surface area contributed by atoms with Crippen LogP contribution in [0.5, 0.6) is 0 Å². The minimum atomic E-state index is -3.12. The summed E-state index contributed by atoms with van der Waals surface area (Å²) in [4.78, 5) is 0. The van der Waals surface area contributed by atoms with Crippen molar-refractivity contribution >= 4 is 10.0 Å². The second-order valence-electron chi connectivity index (χ2n) is 4.77. The van der Waals surface area contributed by atoms with Crippen LogP contribution < -0.4 is 5.73 Å². The van der Waals surface area contributed by atoms with Gasteiger partial charge in [-0.25, -0.2) is 8.42 Å². The lowest BCUT2D eigenvalue weighted by Crippen LogP contribution is -2.53. The van der Waals surface area contributed by atoms with Gasteiger partial charge in [-0.2, -0.15) is 4.31 Å². The summed E-state index contributed by atoms with van der Waals surface area (Å²) in [5.74, 6) is 0.252. The van der Waals surface area contributed by atoms with E-state index in [0.29, 0.717) is 6.54 Å². The summed E-state index contributed by atoms with van der Waals surface area (Å²) < 4.78 is 25.8. The number of rotatable bonds is 6. The van der Waals surface area contributed by atoms with Gasteiger partial charge in [-0.15, -0.1) is 0 Å². The third kappa shape index (κ3) is 2.76. The number of hydrogen-bond donors (Lipinski definition) is 1. The Labute approximate surface area is 99.2 Å². The molecule has 1 aliphatic rings. The largest absolute Gasteiger partial charge is 0.329 e. The minimum Gasteiger partial charge on any atom is -0.329 e. The Morgan fingerprint density at radius 3 is 2.31 bits per heavy atom. The van der Waals surface area contributed by atoms with E-state index in [1.54, 1.807) is 11.4 Å². The lowest BCUT2D eigenvalue weighted by atomic mass is 9.98. The molecule has 1 aliphatic carbocycles. The highest BCUT2D eigenvalue weighted by Crippen LogP contribution is 2.35. The quantitative estimate of drug-likeness (QED) is 0.771. The molecule has 0 aromatic heterocycles. The molecule has 1 fully saturated rings. The normalized spacial score (nSPS) is 20.5. The van der Waals surface area contributed by atoms with E-state index in [1.807, 2.05) is 6.92 Å². The fourth-order valence-corrected chi connectivity index (χ4v) is 4.21. The first kappa shape index (κ1) is 13.9. The van der Waals surface area contributed by atoms with Crippen molar-refractivity contribution in [1.29, 1.82) is 0 Å². The van der Waals surface area contributed by atoms with Gasteiger partial charge in [-0.1, -0.05) is 26.2 Å². The van der Waals surface area contributed by atoms with Gasteiger partial charge >= 0.3 is 0 Å². The molecule has 4 nitrogen and oxygen atoms in total. The highest BCUT2D eigenvalue weighted by Gasteiger charge is 2.41. The van der Waals surface area contributed by atoms with Crippen molar-refractivity contribution in [3.05, 3.63) is 0 Å². The fourth-order valence-electron chi connectivity index (χ4n) is 2.44. The van der Waals surface area contributed by atoms with Crippen LogP contribution in [-0.2, 0) is 10.0 Å². The van der Waals surface area contributed by atoms with Gasteiger partial charge in [0, 0.05) is 19.1 Å². The van der Waals surface area contributed by atoms with E-state index in [1.165, 1.54) is 0 Å². The van der Waals surface area contributed by atoms with Crippen molar-refractivity contribution in [2.75, 3.05) is 19.3 Å². The maximum atomic E-state index is 12.1. The topological polar surface area (TPSA) is 63.4 Å². The first-order valence-electron chi connectivity index (χ1n) is 6.15. The molecule has 5 heteroatoms. The molecular weight excluding hydrogens is 224 g/mol. The summed E-state index contributed by atoms with van der Waals surface area (Å²) in [7, 11) is -1.43. The van der Waals surface area contributed by atoms with Crippen molar-refractivity contribution in [1.82, 2.24) is 4.31 Å². The van der Waals surface area contributed by atoms with Crippen molar-refractivity contribution in [2.24, 2.45) is 5.73 Å². The molecule has 2 N–H and O–H groups in total. The Bertz CT molecular complexity index is 308. The first-order valence-corrected chi connectivity index (χ1v) is 7.76. The number of nitrogens with zero attached hydrogens (tertiary/aromatic N) is 1. The Hall–Kier alpha value is -0.130. The van der Waals surface area contributed by atoms with Crippen LogP contribution in [-0.4, -0.2) is 37.6 Å². The third-order valence-electron chi connectivity index (χ3n) is 3.76. The Balaban J connectivity index is 2.78. The molecular formula is C11H24N2O2S. The second kappa shape index (κ2) is 5.47. The van der Waals surface area contributed by atoms with E-state index in [4.69, 9.17) is 5.73 Å². The molecule has 0 aromatic carbocycles. The number of likely N-dealkylation sites (N-methyl/N-ethyl adjacent to an activating group) is 1. The lowest BCUT2D eigenvalue weighted by Gasteiger charge is -2.36. The van der Waals surface area contributed by atoms with E-state index < -0.39 is 10.0 Å². The maximum absolute atomic E-state index is 12.1. The van der Waals surface area contributed by atoms with Crippen LogP contribution in [0.4, 0.5) is 0 Å². The predicted molar refractivity (Wildman–Crippen MR) is 66.7 cm³/mol. The second-order valence-corrected chi connectivity index (χ2v) is 6.89. The summed E-state index contributed by atoms with van der Waals surface area (Å²) in [6.45, 7) is 2.44. The molecule has 96 valence electrons. The molecule has 0 spiro atoms. The molecule has 16 heavy (non-hydrogen) atoms. The van der Waals surface area contributed by atoms with Crippen molar-refractivity contribution in [2.45, 2.75) is 51.0 Å². The molecule has 0 atom stereocenters. The number of sulfonamides is 1.